The summed E-state index contributed by atoms with van der Waals surface area (Å²) in [5.74, 6) is -1.42. The van der Waals surface area contributed by atoms with Crippen molar-refractivity contribution in [1.82, 2.24) is 10.2 Å². The van der Waals surface area contributed by atoms with Crippen LogP contribution < -0.4 is 5.32 Å². The second-order valence-electron chi connectivity index (χ2n) is 7.71. The molecule has 168 valence electrons. The maximum absolute atomic E-state index is 13.0. The molecule has 0 radical (unpaired) electrons. The van der Waals surface area contributed by atoms with Gasteiger partial charge >= 0.3 is 18.2 Å². The van der Waals surface area contributed by atoms with E-state index in [1.807, 2.05) is 18.2 Å². The molecule has 2 atom stereocenters. The largest absolute Gasteiger partial charge is 0.478 e. The van der Waals surface area contributed by atoms with Gasteiger partial charge in [0.05, 0.1) is 23.9 Å². The molecule has 0 spiro atoms. The number of urea groups is 1. The minimum Gasteiger partial charge on any atom is -0.478 e. The summed E-state index contributed by atoms with van der Waals surface area (Å²) in [7, 11) is 0. The normalized spacial score (nSPS) is 23.5. The number of nitrogens with one attached hydrogen (secondary N) is 1. The van der Waals surface area contributed by atoms with Gasteiger partial charge in [0.1, 0.15) is 0 Å². The number of hydrogen-bond donors (Lipinski definition) is 2. The molecule has 2 fully saturated rings. The van der Waals surface area contributed by atoms with Crippen molar-refractivity contribution in [3.63, 3.8) is 0 Å². The lowest BCUT2D eigenvalue weighted by Gasteiger charge is -2.20. The van der Waals surface area contributed by atoms with Crippen molar-refractivity contribution in [3.8, 4) is 0 Å². The zero-order valence-electron chi connectivity index (χ0n) is 16.5. The number of rotatable bonds is 6. The molecule has 1 aromatic rings. The second kappa shape index (κ2) is 9.32. The number of carbonyl (C=O) groups is 2. The van der Waals surface area contributed by atoms with Gasteiger partial charge in [0.2, 0.25) is 0 Å². The SMILES string of the molecule is C=C(C(=O)O)/C(=C\NC(=O)N1CC2CC(OCc3ccccc3Cl)CC2C1)C(F)(F)F. The van der Waals surface area contributed by atoms with Crippen molar-refractivity contribution >= 4 is 23.6 Å². The molecule has 2 aliphatic rings. The van der Waals surface area contributed by atoms with Crippen molar-refractivity contribution in [3.05, 3.63) is 58.8 Å². The smallest absolute Gasteiger partial charge is 0.418 e. The Morgan fingerprint density at radius 1 is 1.26 bits per heavy atom. The maximum Gasteiger partial charge on any atom is 0.418 e. The third-order valence-electron chi connectivity index (χ3n) is 5.66. The fourth-order valence-corrected chi connectivity index (χ4v) is 4.24. The van der Waals surface area contributed by atoms with Gasteiger partial charge in [-0.2, -0.15) is 13.2 Å². The number of carbonyl (C=O) groups excluding carboxylic acids is 1. The highest BCUT2D eigenvalue weighted by molar-refractivity contribution is 6.31. The minimum absolute atomic E-state index is 0.0344. The Morgan fingerprint density at radius 3 is 2.42 bits per heavy atom. The van der Waals surface area contributed by atoms with E-state index in [1.165, 1.54) is 4.90 Å². The van der Waals surface area contributed by atoms with Gasteiger partial charge in [0.25, 0.3) is 0 Å². The Bertz CT molecular complexity index is 889. The van der Waals surface area contributed by atoms with Gasteiger partial charge in [-0.25, -0.2) is 9.59 Å². The monoisotopic (exact) mass is 458 g/mol. The number of halogens is 4. The lowest BCUT2D eigenvalue weighted by atomic mass is 10.0. The van der Waals surface area contributed by atoms with Crippen LogP contribution in [0.15, 0.2) is 48.2 Å². The van der Waals surface area contributed by atoms with Crippen LogP contribution in [0.5, 0.6) is 0 Å². The molecule has 6 nitrogen and oxygen atoms in total. The number of carboxylic acid groups (broad SMARTS) is 1. The number of nitrogens with zero attached hydrogens (tertiary/aromatic N) is 1. The number of fused-ring (bicyclic) bond motifs is 1. The molecule has 2 amide bonds. The fourth-order valence-electron chi connectivity index (χ4n) is 4.05. The summed E-state index contributed by atoms with van der Waals surface area (Å²) in [5.41, 5.74) is -1.73. The minimum atomic E-state index is -4.95. The van der Waals surface area contributed by atoms with E-state index >= 15 is 0 Å². The van der Waals surface area contributed by atoms with Crippen molar-refractivity contribution in [1.29, 1.82) is 0 Å². The highest BCUT2D eigenvalue weighted by atomic mass is 35.5. The van der Waals surface area contributed by atoms with Crippen LogP contribution in [0.3, 0.4) is 0 Å². The molecule has 10 heteroatoms. The first-order valence-electron chi connectivity index (χ1n) is 9.66. The summed E-state index contributed by atoms with van der Waals surface area (Å²) in [4.78, 5) is 24.6. The standard InChI is InChI=1S/C21H22ClF3N2O4/c1-12(19(28)29)17(21(23,24)25)8-26-20(30)27-9-14-6-16(7-15(14)10-27)31-11-13-4-2-3-5-18(13)22/h2-5,8,14-16H,1,6-7,9-11H2,(H,26,30)(H,28,29)/b17-8+. The number of ether oxygens (including phenoxy) is 1. The number of carboxylic acids is 1. The van der Waals surface area contributed by atoms with E-state index in [-0.39, 0.29) is 17.9 Å². The van der Waals surface area contributed by atoms with Crippen molar-refractivity contribution < 1.29 is 32.6 Å². The predicted octanol–water partition coefficient (Wildman–Crippen LogP) is 4.36. The third kappa shape index (κ3) is 5.59. The van der Waals surface area contributed by atoms with Crippen molar-refractivity contribution in [2.75, 3.05) is 13.1 Å². The third-order valence-corrected chi connectivity index (χ3v) is 6.02. The molecule has 0 aromatic heterocycles. The van der Waals surface area contributed by atoms with E-state index in [9.17, 15) is 22.8 Å². The molecule has 3 rings (SSSR count). The first kappa shape index (κ1) is 23.1. The maximum atomic E-state index is 13.0. The molecule has 0 bridgehead atoms. The number of hydrogen-bond acceptors (Lipinski definition) is 3. The highest BCUT2D eigenvalue weighted by Crippen LogP contribution is 2.40. The average molecular weight is 459 g/mol. The summed E-state index contributed by atoms with van der Waals surface area (Å²) in [6, 6.07) is 6.71. The van der Waals surface area contributed by atoms with E-state index in [1.54, 1.807) is 6.07 Å². The first-order valence-corrected chi connectivity index (χ1v) is 10.0. The molecule has 31 heavy (non-hydrogen) atoms. The first-order chi connectivity index (χ1) is 14.6. The van der Waals surface area contributed by atoms with Crippen LogP contribution in [0.25, 0.3) is 0 Å². The molecule has 2 N–H and O–H groups in total. The van der Waals surface area contributed by atoms with E-state index in [2.05, 4.69) is 11.9 Å². The topological polar surface area (TPSA) is 78.9 Å². The number of benzene rings is 1. The zero-order chi connectivity index (χ0) is 22.8. The van der Waals surface area contributed by atoms with Crippen molar-refractivity contribution in [2.45, 2.75) is 31.7 Å². The van der Waals surface area contributed by atoms with Gasteiger partial charge in [-0.05, 0) is 36.3 Å². The zero-order valence-corrected chi connectivity index (χ0v) is 17.2. The summed E-state index contributed by atoms with van der Waals surface area (Å²) < 4.78 is 45.1. The summed E-state index contributed by atoms with van der Waals surface area (Å²) in [6.07, 6.45) is -3.05. The Kier molecular flexibility index (Phi) is 6.96. The molecular weight excluding hydrogens is 437 g/mol. The van der Waals surface area contributed by atoms with Crippen LogP contribution in [0, 0.1) is 11.8 Å². The second-order valence-corrected chi connectivity index (χ2v) is 8.12. The molecule has 1 aliphatic heterocycles. The molecule has 1 saturated carbocycles. The van der Waals surface area contributed by atoms with Crippen LogP contribution in [0.4, 0.5) is 18.0 Å². The Labute approximate surface area is 182 Å². The van der Waals surface area contributed by atoms with Gasteiger partial charge in [-0.1, -0.05) is 36.4 Å². The number of aliphatic carboxylic acids is 1. The number of amides is 2. The summed E-state index contributed by atoms with van der Waals surface area (Å²) >= 11 is 6.13. The van der Waals surface area contributed by atoms with Gasteiger partial charge in [-0.15, -0.1) is 0 Å². The molecule has 1 saturated heterocycles. The number of likely N-dealkylation sites (tertiary alicyclic amines) is 1. The summed E-state index contributed by atoms with van der Waals surface area (Å²) in [6.45, 7) is 4.12. The van der Waals surface area contributed by atoms with Gasteiger partial charge < -0.3 is 20.1 Å². The Morgan fingerprint density at radius 2 is 1.87 bits per heavy atom. The molecule has 1 aromatic carbocycles. The van der Waals surface area contributed by atoms with Crippen LogP contribution >= 0.6 is 11.6 Å². The number of alkyl halides is 3. The Balaban J connectivity index is 1.52. The highest BCUT2D eigenvalue weighted by Gasteiger charge is 2.43. The average Bonchev–Trinajstić information content (AvgIpc) is 3.25. The van der Waals surface area contributed by atoms with E-state index < -0.39 is 29.3 Å². The van der Waals surface area contributed by atoms with E-state index in [4.69, 9.17) is 21.4 Å². The molecule has 1 aliphatic carbocycles. The van der Waals surface area contributed by atoms with Crippen molar-refractivity contribution in [2.24, 2.45) is 11.8 Å². The summed E-state index contributed by atoms with van der Waals surface area (Å²) in [5, 5.41) is 11.5. The predicted molar refractivity (Wildman–Crippen MR) is 107 cm³/mol. The molecular formula is C21H22ClF3N2O4. The van der Waals surface area contributed by atoms with Crippen LogP contribution in [0.1, 0.15) is 18.4 Å². The Hall–Kier alpha value is -2.52. The van der Waals surface area contributed by atoms with Crippen LogP contribution in [-0.2, 0) is 16.1 Å². The van der Waals surface area contributed by atoms with Crippen LogP contribution in [0.2, 0.25) is 5.02 Å². The van der Waals surface area contributed by atoms with Gasteiger partial charge in [-0.3, -0.25) is 0 Å². The molecule has 1 heterocycles. The quantitative estimate of drug-likeness (QED) is 0.490. The van der Waals surface area contributed by atoms with E-state index in [0.29, 0.717) is 30.9 Å². The lowest BCUT2D eigenvalue weighted by Crippen LogP contribution is -2.37. The lowest BCUT2D eigenvalue weighted by molar-refractivity contribution is -0.134. The van der Waals surface area contributed by atoms with E-state index in [0.717, 1.165) is 18.4 Å². The van der Waals surface area contributed by atoms with Gasteiger partial charge in [0.15, 0.2) is 0 Å². The van der Waals surface area contributed by atoms with Crippen LogP contribution in [-0.4, -0.2) is 47.4 Å². The molecule has 2 unspecified atom stereocenters. The fraction of sp³-hybridized carbons (Fsp3) is 0.429. The van der Waals surface area contributed by atoms with Gasteiger partial charge in [0, 0.05) is 24.3 Å².